The van der Waals surface area contributed by atoms with Crippen LogP contribution in [0.4, 0.5) is 4.39 Å². The highest BCUT2D eigenvalue weighted by atomic mass is 35.5. The Morgan fingerprint density at radius 3 is 2.76 bits per heavy atom. The van der Waals surface area contributed by atoms with Gasteiger partial charge in [-0.1, -0.05) is 23.7 Å². The summed E-state index contributed by atoms with van der Waals surface area (Å²) in [6.45, 7) is 2.29. The van der Waals surface area contributed by atoms with E-state index in [2.05, 4.69) is 5.10 Å². The molecule has 1 heterocycles. The van der Waals surface area contributed by atoms with Crippen molar-refractivity contribution in [1.82, 2.24) is 9.78 Å². The van der Waals surface area contributed by atoms with E-state index >= 15 is 0 Å². The van der Waals surface area contributed by atoms with Gasteiger partial charge in [0.15, 0.2) is 0 Å². The molecule has 90 valence electrons. The van der Waals surface area contributed by atoms with Crippen molar-refractivity contribution in [3.05, 3.63) is 52.1 Å². The molecule has 0 saturated carbocycles. The molecule has 0 saturated heterocycles. The molecular formula is C12H11Cl2FN2. The fourth-order valence-electron chi connectivity index (χ4n) is 1.66. The quantitative estimate of drug-likeness (QED) is 0.778. The Morgan fingerprint density at radius 1 is 1.41 bits per heavy atom. The lowest BCUT2D eigenvalue weighted by atomic mass is 10.2. The Morgan fingerprint density at radius 2 is 2.18 bits per heavy atom. The van der Waals surface area contributed by atoms with Gasteiger partial charge in [-0.05, 0) is 24.6 Å². The van der Waals surface area contributed by atoms with E-state index in [1.54, 1.807) is 10.7 Å². The zero-order valence-corrected chi connectivity index (χ0v) is 10.8. The number of aryl methyl sites for hydroxylation is 1. The average molecular weight is 273 g/mol. The minimum absolute atomic E-state index is 0.264. The lowest BCUT2D eigenvalue weighted by molar-refractivity contribution is 0.619. The van der Waals surface area contributed by atoms with Crippen molar-refractivity contribution < 1.29 is 4.39 Å². The van der Waals surface area contributed by atoms with E-state index in [-0.39, 0.29) is 5.82 Å². The van der Waals surface area contributed by atoms with E-state index in [0.29, 0.717) is 17.6 Å². The molecule has 0 aliphatic carbocycles. The Balaban J connectivity index is 2.30. The smallest absolute Gasteiger partial charge is 0.132 e. The van der Waals surface area contributed by atoms with Crippen LogP contribution in [-0.2, 0) is 12.4 Å². The predicted octanol–water partition coefficient (Wildman–Crippen LogP) is 3.77. The molecule has 5 heteroatoms. The van der Waals surface area contributed by atoms with Gasteiger partial charge in [-0.2, -0.15) is 5.10 Å². The fourth-order valence-corrected chi connectivity index (χ4v) is 2.34. The predicted molar refractivity (Wildman–Crippen MR) is 67.0 cm³/mol. The number of aromatic nitrogens is 2. The van der Waals surface area contributed by atoms with Gasteiger partial charge in [0.2, 0.25) is 0 Å². The Hall–Kier alpha value is -1.06. The van der Waals surface area contributed by atoms with E-state index in [9.17, 15) is 4.39 Å². The second kappa shape index (κ2) is 5.07. The maximum absolute atomic E-state index is 13.0. The van der Waals surface area contributed by atoms with E-state index in [1.807, 2.05) is 13.0 Å². The first-order chi connectivity index (χ1) is 8.11. The van der Waals surface area contributed by atoms with Crippen LogP contribution >= 0.6 is 23.2 Å². The molecule has 0 radical (unpaired) electrons. The summed E-state index contributed by atoms with van der Waals surface area (Å²) < 4.78 is 14.7. The minimum atomic E-state index is -0.264. The van der Waals surface area contributed by atoms with Gasteiger partial charge in [0.1, 0.15) is 11.0 Å². The zero-order valence-electron chi connectivity index (χ0n) is 9.25. The molecule has 17 heavy (non-hydrogen) atoms. The van der Waals surface area contributed by atoms with Crippen molar-refractivity contribution in [2.24, 2.45) is 0 Å². The summed E-state index contributed by atoms with van der Waals surface area (Å²) in [4.78, 5) is 0. The van der Waals surface area contributed by atoms with Crippen molar-refractivity contribution >= 4 is 23.2 Å². The molecule has 1 aromatic heterocycles. The Kier molecular flexibility index (Phi) is 3.69. The number of halogens is 3. The van der Waals surface area contributed by atoms with Gasteiger partial charge >= 0.3 is 0 Å². The van der Waals surface area contributed by atoms with Crippen LogP contribution in [0, 0.1) is 12.7 Å². The number of rotatable bonds is 3. The molecule has 0 unspecified atom stereocenters. The number of hydrogen-bond donors (Lipinski definition) is 0. The van der Waals surface area contributed by atoms with Crippen LogP contribution in [0.2, 0.25) is 5.15 Å². The van der Waals surface area contributed by atoms with Crippen LogP contribution in [0.15, 0.2) is 24.3 Å². The first kappa shape index (κ1) is 12.4. The third-order valence-electron chi connectivity index (χ3n) is 2.54. The van der Waals surface area contributed by atoms with Gasteiger partial charge in [-0.25, -0.2) is 9.07 Å². The SMILES string of the molecule is Cc1nn(Cc2cccc(F)c2)c(Cl)c1CCl. The topological polar surface area (TPSA) is 17.8 Å². The van der Waals surface area contributed by atoms with Crippen molar-refractivity contribution in [1.29, 1.82) is 0 Å². The summed E-state index contributed by atoms with van der Waals surface area (Å²) in [7, 11) is 0. The van der Waals surface area contributed by atoms with E-state index in [0.717, 1.165) is 16.8 Å². The molecule has 2 aromatic rings. The third-order valence-corrected chi connectivity index (χ3v) is 3.23. The van der Waals surface area contributed by atoms with Crippen molar-refractivity contribution in [3.63, 3.8) is 0 Å². The van der Waals surface area contributed by atoms with Crippen LogP contribution in [0.1, 0.15) is 16.8 Å². The van der Waals surface area contributed by atoms with Crippen LogP contribution in [0.5, 0.6) is 0 Å². The van der Waals surface area contributed by atoms with Crippen molar-refractivity contribution in [2.45, 2.75) is 19.3 Å². The molecule has 0 atom stereocenters. The first-order valence-corrected chi connectivity index (χ1v) is 6.05. The van der Waals surface area contributed by atoms with Gasteiger partial charge in [0.25, 0.3) is 0 Å². The van der Waals surface area contributed by atoms with Gasteiger partial charge < -0.3 is 0 Å². The van der Waals surface area contributed by atoms with Gasteiger partial charge in [-0.3, -0.25) is 0 Å². The lowest BCUT2D eigenvalue weighted by Gasteiger charge is -2.03. The highest BCUT2D eigenvalue weighted by Crippen LogP contribution is 2.22. The standard InChI is InChI=1S/C12H11Cl2FN2/c1-8-11(6-13)12(14)17(16-8)7-9-3-2-4-10(15)5-9/h2-5H,6-7H2,1H3. The zero-order chi connectivity index (χ0) is 12.4. The molecule has 0 amide bonds. The van der Waals surface area contributed by atoms with Gasteiger partial charge in [0, 0.05) is 5.56 Å². The molecular weight excluding hydrogens is 262 g/mol. The molecule has 2 rings (SSSR count). The van der Waals surface area contributed by atoms with Gasteiger partial charge in [-0.15, -0.1) is 11.6 Å². The minimum Gasteiger partial charge on any atom is -0.249 e. The largest absolute Gasteiger partial charge is 0.249 e. The second-order valence-electron chi connectivity index (χ2n) is 3.78. The fraction of sp³-hybridized carbons (Fsp3) is 0.250. The monoisotopic (exact) mass is 272 g/mol. The number of alkyl halides is 1. The first-order valence-electron chi connectivity index (χ1n) is 5.14. The van der Waals surface area contributed by atoms with E-state index < -0.39 is 0 Å². The normalized spacial score (nSPS) is 10.8. The van der Waals surface area contributed by atoms with Crippen LogP contribution in [0.25, 0.3) is 0 Å². The summed E-state index contributed by atoms with van der Waals surface area (Å²) >= 11 is 11.9. The number of nitrogens with zero attached hydrogens (tertiary/aromatic N) is 2. The van der Waals surface area contributed by atoms with Crippen molar-refractivity contribution in [2.75, 3.05) is 0 Å². The molecule has 0 N–H and O–H groups in total. The van der Waals surface area contributed by atoms with Gasteiger partial charge in [0.05, 0.1) is 18.1 Å². The summed E-state index contributed by atoms with van der Waals surface area (Å²) in [5.41, 5.74) is 2.45. The summed E-state index contributed by atoms with van der Waals surface area (Å²) in [5.74, 6) is 0.0634. The molecule has 0 aliphatic rings. The van der Waals surface area contributed by atoms with Crippen LogP contribution in [-0.4, -0.2) is 9.78 Å². The van der Waals surface area contributed by atoms with Crippen LogP contribution < -0.4 is 0 Å². The molecule has 2 nitrogen and oxygen atoms in total. The molecule has 0 fully saturated rings. The van der Waals surface area contributed by atoms with Crippen molar-refractivity contribution in [3.8, 4) is 0 Å². The highest BCUT2D eigenvalue weighted by Gasteiger charge is 2.12. The van der Waals surface area contributed by atoms with Crippen LogP contribution in [0.3, 0.4) is 0 Å². The molecule has 0 bridgehead atoms. The Bertz CT molecular complexity index is 537. The summed E-state index contributed by atoms with van der Waals surface area (Å²) in [6.07, 6.45) is 0. The maximum atomic E-state index is 13.0. The summed E-state index contributed by atoms with van der Waals surface area (Å²) in [6, 6.07) is 6.37. The Labute approximate surface area is 109 Å². The number of benzene rings is 1. The third kappa shape index (κ3) is 2.61. The molecule has 0 aliphatic heterocycles. The maximum Gasteiger partial charge on any atom is 0.132 e. The van der Waals surface area contributed by atoms with E-state index in [1.165, 1.54) is 12.1 Å². The average Bonchev–Trinajstić information content (AvgIpc) is 2.54. The summed E-state index contributed by atoms with van der Waals surface area (Å²) in [5, 5.41) is 4.80. The van der Waals surface area contributed by atoms with E-state index in [4.69, 9.17) is 23.2 Å². The number of hydrogen-bond acceptors (Lipinski definition) is 1. The highest BCUT2D eigenvalue weighted by molar-refractivity contribution is 6.31. The second-order valence-corrected chi connectivity index (χ2v) is 4.40. The molecule has 1 aromatic carbocycles. The lowest BCUT2D eigenvalue weighted by Crippen LogP contribution is -2.02. The molecule has 0 spiro atoms.